The summed E-state index contributed by atoms with van der Waals surface area (Å²) in [5.74, 6) is 0.908. The Kier molecular flexibility index (Phi) is 4.51. The van der Waals surface area contributed by atoms with Crippen LogP contribution in [0.3, 0.4) is 0 Å². The summed E-state index contributed by atoms with van der Waals surface area (Å²) in [5.41, 5.74) is 0. The van der Waals surface area contributed by atoms with Crippen LogP contribution in [0.2, 0.25) is 0 Å². The molecular weight excluding hydrogens is 222 g/mol. The molecule has 3 nitrogen and oxygen atoms in total. The van der Waals surface area contributed by atoms with Crippen molar-refractivity contribution in [1.29, 1.82) is 0 Å². The van der Waals surface area contributed by atoms with Crippen molar-refractivity contribution >= 4 is 12.6 Å². The minimum atomic E-state index is 0.728. The lowest BCUT2D eigenvalue weighted by Gasteiger charge is -2.26. The molecular formula is C12H17NO2S. The Morgan fingerprint density at radius 3 is 2.56 bits per heavy atom. The van der Waals surface area contributed by atoms with Gasteiger partial charge in [-0.3, -0.25) is 4.90 Å². The van der Waals surface area contributed by atoms with Crippen LogP contribution >= 0.6 is 12.6 Å². The first kappa shape index (κ1) is 11.8. The number of hydrogen-bond acceptors (Lipinski definition) is 4. The summed E-state index contributed by atoms with van der Waals surface area (Å²) in [6.07, 6.45) is 0. The molecule has 1 aromatic carbocycles. The van der Waals surface area contributed by atoms with Crippen molar-refractivity contribution in [3.05, 3.63) is 24.3 Å². The summed E-state index contributed by atoms with van der Waals surface area (Å²) >= 11 is 4.23. The fourth-order valence-electron chi connectivity index (χ4n) is 1.66. The molecule has 0 amide bonds. The van der Waals surface area contributed by atoms with Crippen molar-refractivity contribution in [3.8, 4) is 5.75 Å². The minimum absolute atomic E-state index is 0.728. The van der Waals surface area contributed by atoms with Crippen molar-refractivity contribution in [2.45, 2.75) is 4.90 Å². The van der Waals surface area contributed by atoms with Gasteiger partial charge in [0.15, 0.2) is 0 Å². The lowest BCUT2D eigenvalue weighted by atomic mass is 10.3. The van der Waals surface area contributed by atoms with Gasteiger partial charge in [0, 0.05) is 24.5 Å². The lowest BCUT2D eigenvalue weighted by molar-refractivity contribution is 0.0322. The SMILES string of the molecule is Sc1ccc(OCCN2CCOCC2)cc1. The van der Waals surface area contributed by atoms with Gasteiger partial charge >= 0.3 is 0 Å². The molecule has 0 atom stereocenters. The Hall–Kier alpha value is -0.710. The van der Waals surface area contributed by atoms with Gasteiger partial charge in [0.2, 0.25) is 0 Å². The maximum absolute atomic E-state index is 5.65. The number of rotatable bonds is 4. The molecule has 0 saturated carbocycles. The Morgan fingerprint density at radius 2 is 1.88 bits per heavy atom. The number of thiol groups is 1. The quantitative estimate of drug-likeness (QED) is 0.808. The van der Waals surface area contributed by atoms with E-state index in [-0.39, 0.29) is 0 Å². The molecule has 0 unspecified atom stereocenters. The van der Waals surface area contributed by atoms with E-state index in [0.29, 0.717) is 0 Å². The monoisotopic (exact) mass is 239 g/mol. The molecule has 1 fully saturated rings. The van der Waals surface area contributed by atoms with Gasteiger partial charge in [0.05, 0.1) is 13.2 Å². The van der Waals surface area contributed by atoms with Gasteiger partial charge in [-0.2, -0.15) is 0 Å². The van der Waals surface area contributed by atoms with Crippen molar-refractivity contribution in [2.24, 2.45) is 0 Å². The second-order valence-electron chi connectivity index (χ2n) is 3.80. The van der Waals surface area contributed by atoms with Crippen LogP contribution in [-0.4, -0.2) is 44.4 Å². The minimum Gasteiger partial charge on any atom is -0.492 e. The number of morpholine rings is 1. The van der Waals surface area contributed by atoms with Crippen LogP contribution in [0.5, 0.6) is 5.75 Å². The first-order valence-corrected chi connectivity index (χ1v) is 6.01. The van der Waals surface area contributed by atoms with Gasteiger partial charge in [-0.05, 0) is 24.3 Å². The van der Waals surface area contributed by atoms with Crippen molar-refractivity contribution in [3.63, 3.8) is 0 Å². The molecule has 16 heavy (non-hydrogen) atoms. The predicted molar refractivity (Wildman–Crippen MR) is 66.4 cm³/mol. The number of benzene rings is 1. The van der Waals surface area contributed by atoms with Crippen LogP contribution in [0.4, 0.5) is 0 Å². The van der Waals surface area contributed by atoms with E-state index in [1.807, 2.05) is 24.3 Å². The van der Waals surface area contributed by atoms with Crippen LogP contribution in [0, 0.1) is 0 Å². The first-order valence-electron chi connectivity index (χ1n) is 5.56. The highest BCUT2D eigenvalue weighted by atomic mass is 32.1. The highest BCUT2D eigenvalue weighted by molar-refractivity contribution is 7.80. The lowest BCUT2D eigenvalue weighted by Crippen LogP contribution is -2.38. The standard InChI is InChI=1S/C12H17NO2S/c16-12-3-1-11(2-4-12)15-10-7-13-5-8-14-9-6-13/h1-4,16H,5-10H2. The molecule has 88 valence electrons. The van der Waals surface area contributed by atoms with E-state index in [1.165, 1.54) is 0 Å². The van der Waals surface area contributed by atoms with Gasteiger partial charge in [-0.1, -0.05) is 0 Å². The van der Waals surface area contributed by atoms with E-state index < -0.39 is 0 Å². The Balaban J connectivity index is 1.69. The maximum Gasteiger partial charge on any atom is 0.119 e. The van der Waals surface area contributed by atoms with Crippen LogP contribution in [-0.2, 0) is 4.74 Å². The normalized spacial score (nSPS) is 17.3. The van der Waals surface area contributed by atoms with Gasteiger partial charge < -0.3 is 9.47 Å². The zero-order chi connectivity index (χ0) is 11.2. The smallest absolute Gasteiger partial charge is 0.119 e. The summed E-state index contributed by atoms with van der Waals surface area (Å²) in [6.45, 7) is 5.40. The summed E-state index contributed by atoms with van der Waals surface area (Å²) < 4.78 is 10.9. The van der Waals surface area contributed by atoms with E-state index in [2.05, 4.69) is 17.5 Å². The Bertz CT molecular complexity index is 309. The molecule has 0 radical (unpaired) electrons. The summed E-state index contributed by atoms with van der Waals surface area (Å²) in [5, 5.41) is 0. The maximum atomic E-state index is 5.65. The first-order chi connectivity index (χ1) is 7.84. The second-order valence-corrected chi connectivity index (χ2v) is 4.31. The third-order valence-corrected chi connectivity index (χ3v) is 2.91. The largest absolute Gasteiger partial charge is 0.492 e. The molecule has 0 aromatic heterocycles. The molecule has 1 aliphatic rings. The summed E-state index contributed by atoms with van der Waals surface area (Å²) in [4.78, 5) is 3.32. The second kappa shape index (κ2) is 6.13. The highest BCUT2D eigenvalue weighted by Gasteiger charge is 2.09. The molecule has 4 heteroatoms. The molecule has 0 N–H and O–H groups in total. The molecule has 1 saturated heterocycles. The number of hydrogen-bond donors (Lipinski definition) is 1. The van der Waals surface area contributed by atoms with E-state index in [9.17, 15) is 0 Å². The van der Waals surface area contributed by atoms with Crippen molar-refractivity contribution < 1.29 is 9.47 Å². The molecule has 1 heterocycles. The van der Waals surface area contributed by atoms with E-state index in [4.69, 9.17) is 9.47 Å². The predicted octanol–water partition coefficient (Wildman–Crippen LogP) is 1.69. The molecule has 0 spiro atoms. The van der Waals surface area contributed by atoms with Crippen LogP contribution in [0.25, 0.3) is 0 Å². The Labute approximate surface area is 102 Å². The summed E-state index contributed by atoms with van der Waals surface area (Å²) in [6, 6.07) is 7.77. The summed E-state index contributed by atoms with van der Waals surface area (Å²) in [7, 11) is 0. The van der Waals surface area contributed by atoms with E-state index in [1.54, 1.807) is 0 Å². The average molecular weight is 239 g/mol. The third kappa shape index (κ3) is 3.70. The number of nitrogens with zero attached hydrogens (tertiary/aromatic N) is 1. The fourth-order valence-corrected chi connectivity index (χ4v) is 1.81. The highest BCUT2D eigenvalue weighted by Crippen LogP contribution is 2.14. The Morgan fingerprint density at radius 1 is 1.19 bits per heavy atom. The molecule has 2 rings (SSSR count). The molecule has 0 bridgehead atoms. The molecule has 1 aliphatic heterocycles. The number of ether oxygens (including phenoxy) is 2. The van der Waals surface area contributed by atoms with Gasteiger partial charge in [0.25, 0.3) is 0 Å². The van der Waals surface area contributed by atoms with E-state index >= 15 is 0 Å². The topological polar surface area (TPSA) is 21.7 Å². The van der Waals surface area contributed by atoms with Crippen LogP contribution in [0.1, 0.15) is 0 Å². The molecule has 1 aromatic rings. The van der Waals surface area contributed by atoms with Crippen LogP contribution < -0.4 is 4.74 Å². The van der Waals surface area contributed by atoms with Gasteiger partial charge in [-0.15, -0.1) is 12.6 Å². The third-order valence-electron chi connectivity index (χ3n) is 2.62. The average Bonchev–Trinajstić information content (AvgIpc) is 2.33. The molecule has 0 aliphatic carbocycles. The fraction of sp³-hybridized carbons (Fsp3) is 0.500. The zero-order valence-electron chi connectivity index (χ0n) is 9.26. The van der Waals surface area contributed by atoms with Crippen molar-refractivity contribution in [1.82, 2.24) is 4.90 Å². The van der Waals surface area contributed by atoms with Crippen LogP contribution in [0.15, 0.2) is 29.2 Å². The van der Waals surface area contributed by atoms with Gasteiger partial charge in [-0.25, -0.2) is 0 Å². The van der Waals surface area contributed by atoms with Gasteiger partial charge in [0.1, 0.15) is 12.4 Å². The van der Waals surface area contributed by atoms with Crippen molar-refractivity contribution in [2.75, 3.05) is 39.5 Å². The van der Waals surface area contributed by atoms with E-state index in [0.717, 1.165) is 50.1 Å². The zero-order valence-corrected chi connectivity index (χ0v) is 10.2.